The molecular weight excluding hydrogens is 217 g/mol. The molecule has 2 rings (SSSR count). The normalized spacial score (nSPS) is 10.5. The van der Waals surface area contributed by atoms with Gasteiger partial charge in [0, 0.05) is 11.4 Å². The van der Waals surface area contributed by atoms with Gasteiger partial charge in [-0.2, -0.15) is 0 Å². The van der Waals surface area contributed by atoms with Gasteiger partial charge in [0.2, 0.25) is 0 Å². The van der Waals surface area contributed by atoms with E-state index in [9.17, 15) is 4.39 Å². The van der Waals surface area contributed by atoms with Crippen molar-refractivity contribution in [2.24, 2.45) is 0 Å². The molecule has 17 heavy (non-hydrogen) atoms. The third kappa shape index (κ3) is 2.67. The zero-order valence-electron chi connectivity index (χ0n) is 10.1. The summed E-state index contributed by atoms with van der Waals surface area (Å²) < 4.78 is 20.9. The van der Waals surface area contributed by atoms with Crippen LogP contribution in [0.3, 0.4) is 0 Å². The highest BCUT2D eigenvalue weighted by molar-refractivity contribution is 5.23. The SMILES string of the molecule is Cc1ccc(C)n1CCOc1ccccc1F. The molecule has 0 fully saturated rings. The van der Waals surface area contributed by atoms with Gasteiger partial charge in [-0.15, -0.1) is 0 Å². The topological polar surface area (TPSA) is 14.2 Å². The molecule has 0 unspecified atom stereocenters. The van der Waals surface area contributed by atoms with E-state index in [2.05, 4.69) is 30.5 Å². The highest BCUT2D eigenvalue weighted by Crippen LogP contribution is 2.15. The molecule has 90 valence electrons. The van der Waals surface area contributed by atoms with Gasteiger partial charge >= 0.3 is 0 Å². The quantitative estimate of drug-likeness (QED) is 0.790. The van der Waals surface area contributed by atoms with Crippen LogP contribution in [0.2, 0.25) is 0 Å². The number of nitrogens with zero attached hydrogens (tertiary/aromatic N) is 1. The number of aromatic nitrogens is 1. The minimum atomic E-state index is -0.312. The third-order valence-corrected chi connectivity index (χ3v) is 2.83. The molecule has 1 heterocycles. The van der Waals surface area contributed by atoms with E-state index in [0.29, 0.717) is 12.4 Å². The van der Waals surface area contributed by atoms with Gasteiger partial charge in [-0.25, -0.2) is 4.39 Å². The second-order valence-electron chi connectivity index (χ2n) is 4.05. The molecule has 0 bridgehead atoms. The van der Waals surface area contributed by atoms with E-state index in [1.54, 1.807) is 18.2 Å². The van der Waals surface area contributed by atoms with Crippen molar-refractivity contribution in [2.75, 3.05) is 6.61 Å². The molecule has 0 saturated carbocycles. The van der Waals surface area contributed by atoms with Crippen LogP contribution in [0.15, 0.2) is 36.4 Å². The lowest BCUT2D eigenvalue weighted by molar-refractivity contribution is 0.282. The summed E-state index contributed by atoms with van der Waals surface area (Å²) in [5.74, 6) is 0.00316. The zero-order chi connectivity index (χ0) is 12.3. The molecule has 2 nitrogen and oxygen atoms in total. The van der Waals surface area contributed by atoms with Crippen LogP contribution in [-0.4, -0.2) is 11.2 Å². The fourth-order valence-corrected chi connectivity index (χ4v) is 1.86. The number of rotatable bonds is 4. The van der Waals surface area contributed by atoms with E-state index in [4.69, 9.17) is 4.74 Å². The summed E-state index contributed by atoms with van der Waals surface area (Å²) in [4.78, 5) is 0. The first-order valence-electron chi connectivity index (χ1n) is 5.68. The number of ether oxygens (including phenoxy) is 1. The number of para-hydroxylation sites is 1. The standard InChI is InChI=1S/C14H16FNO/c1-11-7-8-12(2)16(11)9-10-17-14-6-4-3-5-13(14)15/h3-8H,9-10H2,1-2H3. The smallest absolute Gasteiger partial charge is 0.165 e. The van der Waals surface area contributed by atoms with Crippen LogP contribution in [0.25, 0.3) is 0 Å². The molecule has 3 heteroatoms. The van der Waals surface area contributed by atoms with Crippen molar-refractivity contribution in [3.05, 3.63) is 53.6 Å². The van der Waals surface area contributed by atoms with Crippen LogP contribution in [0.5, 0.6) is 5.75 Å². The number of aryl methyl sites for hydroxylation is 2. The van der Waals surface area contributed by atoms with Crippen molar-refractivity contribution in [3.8, 4) is 5.75 Å². The highest BCUT2D eigenvalue weighted by atomic mass is 19.1. The molecule has 2 aromatic rings. The Morgan fingerprint density at radius 3 is 2.35 bits per heavy atom. The van der Waals surface area contributed by atoms with Crippen LogP contribution in [-0.2, 0) is 6.54 Å². The van der Waals surface area contributed by atoms with Crippen LogP contribution in [0.4, 0.5) is 4.39 Å². The molecule has 0 atom stereocenters. The molecule has 0 N–H and O–H groups in total. The summed E-state index contributed by atoms with van der Waals surface area (Å²) in [6, 6.07) is 10.6. The second kappa shape index (κ2) is 5.04. The van der Waals surface area contributed by atoms with E-state index in [1.807, 2.05) is 0 Å². The number of halogens is 1. The monoisotopic (exact) mass is 233 g/mol. The summed E-state index contributed by atoms with van der Waals surface area (Å²) >= 11 is 0. The maximum absolute atomic E-state index is 13.3. The fraction of sp³-hybridized carbons (Fsp3) is 0.286. The lowest BCUT2D eigenvalue weighted by Gasteiger charge is -2.11. The van der Waals surface area contributed by atoms with Crippen molar-refractivity contribution in [3.63, 3.8) is 0 Å². The molecule has 0 aliphatic rings. The van der Waals surface area contributed by atoms with E-state index in [0.717, 1.165) is 6.54 Å². The molecule has 0 amide bonds. The highest BCUT2D eigenvalue weighted by Gasteiger charge is 2.03. The van der Waals surface area contributed by atoms with Crippen molar-refractivity contribution >= 4 is 0 Å². The first kappa shape index (κ1) is 11.7. The fourth-order valence-electron chi connectivity index (χ4n) is 1.86. The van der Waals surface area contributed by atoms with Crippen molar-refractivity contribution in [1.29, 1.82) is 0 Å². The Balaban J connectivity index is 1.95. The van der Waals surface area contributed by atoms with Gasteiger partial charge in [0.15, 0.2) is 11.6 Å². The van der Waals surface area contributed by atoms with Gasteiger partial charge < -0.3 is 9.30 Å². The maximum atomic E-state index is 13.3. The van der Waals surface area contributed by atoms with Crippen molar-refractivity contribution in [2.45, 2.75) is 20.4 Å². The third-order valence-electron chi connectivity index (χ3n) is 2.83. The molecule has 0 spiro atoms. The van der Waals surface area contributed by atoms with Crippen LogP contribution >= 0.6 is 0 Å². The van der Waals surface area contributed by atoms with Gasteiger partial charge in [-0.3, -0.25) is 0 Å². The molecular formula is C14H16FNO. The maximum Gasteiger partial charge on any atom is 0.165 e. The molecule has 1 aromatic heterocycles. The zero-order valence-corrected chi connectivity index (χ0v) is 10.1. The Morgan fingerprint density at radius 1 is 1.06 bits per heavy atom. The number of benzene rings is 1. The van der Waals surface area contributed by atoms with Gasteiger partial charge in [0.25, 0.3) is 0 Å². The average molecular weight is 233 g/mol. The van der Waals surface area contributed by atoms with E-state index in [1.165, 1.54) is 17.5 Å². The van der Waals surface area contributed by atoms with Gasteiger partial charge in [0.05, 0.1) is 6.54 Å². The van der Waals surface area contributed by atoms with E-state index in [-0.39, 0.29) is 5.82 Å². The van der Waals surface area contributed by atoms with E-state index >= 15 is 0 Å². The minimum Gasteiger partial charge on any atom is -0.489 e. The predicted octanol–water partition coefficient (Wildman–Crippen LogP) is 3.32. The Labute approximate surface area is 101 Å². The summed E-state index contributed by atoms with van der Waals surface area (Å²) in [5, 5.41) is 0. The Morgan fingerprint density at radius 2 is 1.71 bits per heavy atom. The molecule has 0 saturated heterocycles. The minimum absolute atomic E-state index is 0.312. The van der Waals surface area contributed by atoms with Crippen molar-refractivity contribution in [1.82, 2.24) is 4.57 Å². The number of hydrogen-bond acceptors (Lipinski definition) is 1. The lowest BCUT2D eigenvalue weighted by atomic mass is 10.3. The molecule has 0 radical (unpaired) electrons. The first-order valence-corrected chi connectivity index (χ1v) is 5.68. The predicted molar refractivity (Wildman–Crippen MR) is 65.8 cm³/mol. The summed E-state index contributed by atoms with van der Waals surface area (Å²) in [6.45, 7) is 5.31. The molecule has 0 aliphatic heterocycles. The Hall–Kier alpha value is -1.77. The summed E-state index contributed by atoms with van der Waals surface area (Å²) in [7, 11) is 0. The summed E-state index contributed by atoms with van der Waals surface area (Å²) in [5.41, 5.74) is 2.39. The van der Waals surface area contributed by atoms with Gasteiger partial charge in [-0.1, -0.05) is 12.1 Å². The number of hydrogen-bond donors (Lipinski definition) is 0. The average Bonchev–Trinajstić information content (AvgIpc) is 2.63. The lowest BCUT2D eigenvalue weighted by Crippen LogP contribution is -2.11. The Kier molecular flexibility index (Phi) is 3.47. The van der Waals surface area contributed by atoms with Crippen LogP contribution in [0.1, 0.15) is 11.4 Å². The second-order valence-corrected chi connectivity index (χ2v) is 4.05. The molecule has 0 aliphatic carbocycles. The summed E-state index contributed by atoms with van der Waals surface area (Å²) in [6.07, 6.45) is 0. The Bertz CT molecular complexity index is 485. The molecule has 1 aromatic carbocycles. The largest absolute Gasteiger partial charge is 0.489 e. The van der Waals surface area contributed by atoms with Crippen LogP contribution in [0, 0.1) is 19.7 Å². The van der Waals surface area contributed by atoms with Crippen LogP contribution < -0.4 is 4.74 Å². The van der Waals surface area contributed by atoms with Gasteiger partial charge in [0.1, 0.15) is 6.61 Å². The van der Waals surface area contributed by atoms with Gasteiger partial charge in [-0.05, 0) is 38.1 Å². The van der Waals surface area contributed by atoms with E-state index < -0.39 is 0 Å². The van der Waals surface area contributed by atoms with Crippen molar-refractivity contribution < 1.29 is 9.13 Å². The first-order chi connectivity index (χ1) is 8.18.